The molecule has 0 saturated carbocycles. The molecule has 2 rings (SSSR count). The molecule has 0 aliphatic rings. The van der Waals surface area contributed by atoms with Crippen molar-refractivity contribution in [3.05, 3.63) is 45.9 Å². The third kappa shape index (κ3) is 4.56. The minimum absolute atomic E-state index is 0.000705. The van der Waals surface area contributed by atoms with Crippen LogP contribution >= 0.6 is 11.3 Å². The molecule has 2 N–H and O–H groups in total. The molecular weight excluding hydrogens is 304 g/mol. The maximum atomic E-state index is 11.9. The Morgan fingerprint density at radius 3 is 2.64 bits per heavy atom. The molecule has 0 radical (unpaired) electrons. The summed E-state index contributed by atoms with van der Waals surface area (Å²) in [6, 6.07) is 7.34. The van der Waals surface area contributed by atoms with Gasteiger partial charge in [0.2, 0.25) is 5.91 Å². The first kappa shape index (κ1) is 16.0. The number of hydrogen-bond donors (Lipinski definition) is 2. The van der Waals surface area contributed by atoms with Crippen molar-refractivity contribution in [3.63, 3.8) is 0 Å². The number of hydrogen-bond acceptors (Lipinski definition) is 5. The van der Waals surface area contributed by atoms with E-state index in [0.29, 0.717) is 11.6 Å². The number of carbonyl (C=O) groups excluding carboxylic acids is 1. The Balaban J connectivity index is 1.83. The van der Waals surface area contributed by atoms with Crippen LogP contribution in [0.1, 0.15) is 28.0 Å². The van der Waals surface area contributed by atoms with Crippen molar-refractivity contribution in [2.24, 2.45) is 0 Å². The molecule has 2 aromatic rings. The Kier molecular flexibility index (Phi) is 5.48. The number of benzene rings is 1. The van der Waals surface area contributed by atoms with Gasteiger partial charge in [0.25, 0.3) is 0 Å². The monoisotopic (exact) mass is 320 g/mol. The zero-order valence-corrected chi connectivity index (χ0v) is 12.9. The van der Waals surface area contributed by atoms with E-state index in [9.17, 15) is 9.59 Å². The Morgan fingerprint density at radius 1 is 1.32 bits per heavy atom. The number of thiazole rings is 1. The van der Waals surface area contributed by atoms with Gasteiger partial charge >= 0.3 is 5.97 Å². The molecule has 116 valence electrons. The Labute approximate surface area is 131 Å². The first-order chi connectivity index (χ1) is 10.6. The second-order valence-electron chi connectivity index (χ2n) is 4.46. The van der Waals surface area contributed by atoms with Crippen molar-refractivity contribution < 1.29 is 19.4 Å². The molecule has 0 aliphatic heterocycles. The van der Waals surface area contributed by atoms with Gasteiger partial charge in [0.1, 0.15) is 10.8 Å². The van der Waals surface area contributed by atoms with Crippen LogP contribution in [0.4, 0.5) is 0 Å². The van der Waals surface area contributed by atoms with Crippen LogP contribution in [0.2, 0.25) is 0 Å². The molecule has 0 fully saturated rings. The van der Waals surface area contributed by atoms with Gasteiger partial charge in [-0.3, -0.25) is 4.79 Å². The van der Waals surface area contributed by atoms with Crippen molar-refractivity contribution >= 4 is 23.2 Å². The van der Waals surface area contributed by atoms with Crippen LogP contribution in [0.5, 0.6) is 5.75 Å². The average Bonchev–Trinajstić information content (AvgIpc) is 2.97. The van der Waals surface area contributed by atoms with Gasteiger partial charge in [-0.25, -0.2) is 9.78 Å². The highest BCUT2D eigenvalue weighted by molar-refractivity contribution is 7.09. The highest BCUT2D eigenvalue weighted by atomic mass is 32.1. The second kappa shape index (κ2) is 7.56. The third-order valence-electron chi connectivity index (χ3n) is 2.81. The number of carbonyl (C=O) groups is 2. The van der Waals surface area contributed by atoms with Crippen LogP contribution in [0, 0.1) is 0 Å². The molecule has 0 unspecified atom stereocenters. The minimum Gasteiger partial charge on any atom is -0.494 e. The Morgan fingerprint density at radius 2 is 2.05 bits per heavy atom. The summed E-state index contributed by atoms with van der Waals surface area (Å²) in [5.41, 5.74) is 0.882. The SMILES string of the molecule is CCOc1ccc(CC(=O)NCc2nc(C(=O)O)cs2)cc1. The number of carboxylic acid groups (broad SMARTS) is 1. The van der Waals surface area contributed by atoms with Crippen molar-refractivity contribution in [3.8, 4) is 5.75 Å². The summed E-state index contributed by atoms with van der Waals surface area (Å²) < 4.78 is 5.34. The number of carboxylic acids is 1. The van der Waals surface area contributed by atoms with Crippen LogP contribution in [0.25, 0.3) is 0 Å². The summed E-state index contributed by atoms with van der Waals surface area (Å²) in [5, 5.41) is 13.5. The summed E-state index contributed by atoms with van der Waals surface area (Å²) in [7, 11) is 0. The predicted molar refractivity (Wildman–Crippen MR) is 82.2 cm³/mol. The zero-order valence-electron chi connectivity index (χ0n) is 12.0. The lowest BCUT2D eigenvalue weighted by Crippen LogP contribution is -2.24. The molecule has 1 heterocycles. The number of aromatic carboxylic acids is 1. The van der Waals surface area contributed by atoms with Gasteiger partial charge in [-0.2, -0.15) is 0 Å². The maximum Gasteiger partial charge on any atom is 0.355 e. The number of nitrogens with one attached hydrogen (secondary N) is 1. The summed E-state index contributed by atoms with van der Waals surface area (Å²) in [5.74, 6) is -0.435. The molecule has 22 heavy (non-hydrogen) atoms. The van der Waals surface area contributed by atoms with Crippen molar-refractivity contribution in [2.45, 2.75) is 19.9 Å². The smallest absolute Gasteiger partial charge is 0.355 e. The third-order valence-corrected chi connectivity index (χ3v) is 3.66. The summed E-state index contributed by atoms with van der Waals surface area (Å²) in [4.78, 5) is 26.5. The molecule has 6 nitrogen and oxygen atoms in total. The van der Waals surface area contributed by atoms with Crippen LogP contribution in [0.15, 0.2) is 29.6 Å². The van der Waals surface area contributed by atoms with E-state index in [2.05, 4.69) is 10.3 Å². The predicted octanol–water partition coefficient (Wildman–Crippen LogP) is 2.10. The van der Waals surface area contributed by atoms with E-state index < -0.39 is 5.97 Å². The lowest BCUT2D eigenvalue weighted by atomic mass is 10.1. The Hall–Kier alpha value is -2.41. The van der Waals surface area contributed by atoms with Crippen LogP contribution in [-0.2, 0) is 17.8 Å². The summed E-state index contributed by atoms with van der Waals surface area (Å²) in [6.45, 7) is 2.75. The molecule has 7 heteroatoms. The van der Waals surface area contributed by atoms with Gasteiger partial charge < -0.3 is 15.2 Å². The van der Waals surface area contributed by atoms with E-state index in [1.165, 1.54) is 16.7 Å². The molecule has 0 atom stereocenters. The molecule has 1 amide bonds. The average molecular weight is 320 g/mol. The normalized spacial score (nSPS) is 10.2. The largest absolute Gasteiger partial charge is 0.494 e. The van der Waals surface area contributed by atoms with E-state index in [4.69, 9.17) is 9.84 Å². The number of rotatable bonds is 7. The van der Waals surface area contributed by atoms with Gasteiger partial charge in [-0.1, -0.05) is 12.1 Å². The molecule has 0 saturated heterocycles. The van der Waals surface area contributed by atoms with Crippen LogP contribution in [-0.4, -0.2) is 28.6 Å². The fourth-order valence-electron chi connectivity index (χ4n) is 1.78. The fourth-order valence-corrected chi connectivity index (χ4v) is 2.49. The van der Waals surface area contributed by atoms with E-state index in [0.717, 1.165) is 11.3 Å². The Bertz CT molecular complexity index is 652. The van der Waals surface area contributed by atoms with Crippen molar-refractivity contribution in [1.29, 1.82) is 0 Å². The topological polar surface area (TPSA) is 88.5 Å². The number of aromatic nitrogens is 1. The first-order valence-electron chi connectivity index (χ1n) is 6.74. The lowest BCUT2D eigenvalue weighted by Gasteiger charge is -2.05. The fraction of sp³-hybridized carbons (Fsp3) is 0.267. The molecule has 0 aliphatic carbocycles. The van der Waals surface area contributed by atoms with Gasteiger partial charge in [0.05, 0.1) is 19.6 Å². The van der Waals surface area contributed by atoms with E-state index in [1.54, 1.807) is 0 Å². The lowest BCUT2D eigenvalue weighted by molar-refractivity contribution is -0.120. The standard InChI is InChI=1S/C15H16N2O4S/c1-2-21-11-5-3-10(4-6-11)7-13(18)16-8-14-17-12(9-22-14)15(19)20/h3-6,9H,2,7-8H2,1H3,(H,16,18)(H,19,20). The van der Waals surface area contributed by atoms with Crippen molar-refractivity contribution in [1.82, 2.24) is 10.3 Å². The van der Waals surface area contributed by atoms with Gasteiger partial charge in [0, 0.05) is 5.38 Å². The molecule has 0 bridgehead atoms. The molecule has 1 aromatic heterocycles. The summed E-state index contributed by atoms with van der Waals surface area (Å²) in [6.07, 6.45) is 0.254. The molecular formula is C15H16N2O4S. The highest BCUT2D eigenvalue weighted by Gasteiger charge is 2.10. The van der Waals surface area contributed by atoms with Crippen molar-refractivity contribution in [2.75, 3.05) is 6.61 Å². The van der Waals surface area contributed by atoms with Gasteiger partial charge in [-0.15, -0.1) is 11.3 Å². The van der Waals surface area contributed by atoms with E-state index in [1.807, 2.05) is 31.2 Å². The summed E-state index contributed by atoms with van der Waals surface area (Å²) >= 11 is 1.21. The quantitative estimate of drug-likeness (QED) is 0.815. The second-order valence-corrected chi connectivity index (χ2v) is 5.40. The maximum absolute atomic E-state index is 11.9. The highest BCUT2D eigenvalue weighted by Crippen LogP contribution is 2.13. The van der Waals surface area contributed by atoms with Gasteiger partial charge in [-0.05, 0) is 24.6 Å². The minimum atomic E-state index is -1.07. The van der Waals surface area contributed by atoms with Crippen LogP contribution in [0.3, 0.4) is 0 Å². The number of nitrogens with zero attached hydrogens (tertiary/aromatic N) is 1. The zero-order chi connectivity index (χ0) is 15.9. The van der Waals surface area contributed by atoms with E-state index >= 15 is 0 Å². The van der Waals surface area contributed by atoms with E-state index in [-0.39, 0.29) is 24.6 Å². The van der Waals surface area contributed by atoms with Crippen LogP contribution < -0.4 is 10.1 Å². The first-order valence-corrected chi connectivity index (χ1v) is 7.62. The number of ether oxygens (including phenoxy) is 1. The van der Waals surface area contributed by atoms with Gasteiger partial charge in [0.15, 0.2) is 5.69 Å². The number of amides is 1. The molecule has 1 aromatic carbocycles. The molecule has 0 spiro atoms.